The van der Waals surface area contributed by atoms with Gasteiger partial charge in [-0.05, 0) is 55.7 Å². The fourth-order valence-electron chi connectivity index (χ4n) is 2.83. The Labute approximate surface area is 180 Å². The first kappa shape index (κ1) is 21.3. The van der Waals surface area contributed by atoms with Crippen molar-refractivity contribution in [3.05, 3.63) is 70.1 Å². The number of nitriles is 1. The van der Waals surface area contributed by atoms with Crippen molar-refractivity contribution < 1.29 is 9.53 Å². The molecule has 1 amide bonds. The van der Waals surface area contributed by atoms with Crippen LogP contribution in [0.15, 0.2) is 53.4 Å². The largest absolute Gasteiger partial charge is 0.494 e. The number of carbonyl (C=O) groups excluding carboxylic acids is 1. The van der Waals surface area contributed by atoms with E-state index in [0.29, 0.717) is 11.7 Å². The Kier molecular flexibility index (Phi) is 6.99. The number of amides is 1. The predicted molar refractivity (Wildman–Crippen MR) is 121 cm³/mol. The third kappa shape index (κ3) is 5.34. The minimum atomic E-state index is -0.481. The number of hydrogen-bond donors (Lipinski definition) is 1. The van der Waals surface area contributed by atoms with Crippen LogP contribution in [0.4, 0.5) is 5.13 Å². The van der Waals surface area contributed by atoms with Crippen LogP contribution < -0.4 is 10.1 Å². The van der Waals surface area contributed by atoms with Gasteiger partial charge in [0.15, 0.2) is 5.13 Å². The summed E-state index contributed by atoms with van der Waals surface area (Å²) >= 11 is 1.33. The van der Waals surface area contributed by atoms with Gasteiger partial charge in [-0.3, -0.25) is 10.1 Å². The van der Waals surface area contributed by atoms with Gasteiger partial charge in [0.05, 0.1) is 12.3 Å². The third-order valence-electron chi connectivity index (χ3n) is 4.42. The smallest absolute Gasteiger partial charge is 0.268 e. The van der Waals surface area contributed by atoms with Crippen LogP contribution in [0, 0.1) is 25.2 Å². The highest BCUT2D eigenvalue weighted by Crippen LogP contribution is 2.28. The first-order chi connectivity index (χ1) is 14.5. The summed E-state index contributed by atoms with van der Waals surface area (Å²) in [6, 6.07) is 15.4. The Bertz CT molecular complexity index is 1110. The average Bonchev–Trinajstić information content (AvgIpc) is 3.21. The molecule has 0 aliphatic carbocycles. The van der Waals surface area contributed by atoms with Crippen molar-refractivity contribution in [3.63, 3.8) is 0 Å². The van der Waals surface area contributed by atoms with E-state index in [1.54, 1.807) is 6.08 Å². The molecule has 6 heteroatoms. The zero-order chi connectivity index (χ0) is 21.5. The number of rotatable bonds is 7. The number of anilines is 1. The van der Waals surface area contributed by atoms with Crippen molar-refractivity contribution in [2.24, 2.45) is 0 Å². The summed E-state index contributed by atoms with van der Waals surface area (Å²) in [5.41, 5.74) is 4.87. The highest BCUT2D eigenvalue weighted by atomic mass is 32.1. The van der Waals surface area contributed by atoms with Gasteiger partial charge in [0.1, 0.15) is 17.4 Å². The van der Waals surface area contributed by atoms with Crippen LogP contribution in [0.3, 0.4) is 0 Å². The maximum Gasteiger partial charge on any atom is 0.268 e. The van der Waals surface area contributed by atoms with Gasteiger partial charge in [-0.25, -0.2) is 4.98 Å². The number of ether oxygens (including phenoxy) is 1. The molecule has 152 valence electrons. The molecule has 0 aliphatic rings. The lowest BCUT2D eigenvalue weighted by Crippen LogP contribution is -2.13. The van der Waals surface area contributed by atoms with Crippen LogP contribution in [-0.4, -0.2) is 17.5 Å². The van der Waals surface area contributed by atoms with E-state index in [-0.39, 0.29) is 5.57 Å². The molecule has 0 atom stereocenters. The van der Waals surface area contributed by atoms with Gasteiger partial charge in [0, 0.05) is 10.9 Å². The number of aromatic nitrogens is 1. The molecular formula is C24H23N3O2S. The molecule has 3 rings (SSSR count). The number of nitrogens with zero attached hydrogens (tertiary/aromatic N) is 2. The molecule has 0 unspecified atom stereocenters. The molecule has 0 aliphatic heterocycles. The molecule has 0 bridgehead atoms. The molecule has 1 heterocycles. The van der Waals surface area contributed by atoms with Crippen LogP contribution in [0.2, 0.25) is 0 Å². The molecule has 2 aromatic carbocycles. The molecule has 0 radical (unpaired) electrons. The molecule has 0 fully saturated rings. The normalized spacial score (nSPS) is 11.1. The topological polar surface area (TPSA) is 75.0 Å². The Balaban J connectivity index is 1.73. The van der Waals surface area contributed by atoms with E-state index in [1.807, 2.05) is 56.5 Å². The van der Waals surface area contributed by atoms with E-state index in [9.17, 15) is 10.1 Å². The standard InChI is InChI=1S/C24H23N3O2S/c1-4-11-29-20-9-7-18(8-10-20)13-19(14-25)23(28)27-24-26-22(15-30-24)21-12-16(2)5-6-17(21)3/h5-10,12-13,15H,4,11H2,1-3H3,(H,26,27,28). The fraction of sp³-hybridized carbons (Fsp3) is 0.208. The Morgan fingerprint density at radius 3 is 2.70 bits per heavy atom. The second-order valence-electron chi connectivity index (χ2n) is 6.90. The average molecular weight is 418 g/mol. The minimum Gasteiger partial charge on any atom is -0.494 e. The van der Waals surface area contributed by atoms with Gasteiger partial charge < -0.3 is 4.74 Å². The molecule has 0 saturated carbocycles. The zero-order valence-corrected chi connectivity index (χ0v) is 18.0. The summed E-state index contributed by atoms with van der Waals surface area (Å²) < 4.78 is 5.55. The Morgan fingerprint density at radius 2 is 2.00 bits per heavy atom. The monoisotopic (exact) mass is 417 g/mol. The van der Waals surface area contributed by atoms with Gasteiger partial charge in [0.25, 0.3) is 5.91 Å². The number of carbonyl (C=O) groups is 1. The molecule has 0 saturated heterocycles. The number of nitrogens with one attached hydrogen (secondary N) is 1. The Morgan fingerprint density at radius 1 is 1.23 bits per heavy atom. The molecule has 5 nitrogen and oxygen atoms in total. The fourth-order valence-corrected chi connectivity index (χ4v) is 3.53. The van der Waals surface area contributed by atoms with Crippen molar-refractivity contribution in [1.82, 2.24) is 4.98 Å². The van der Waals surface area contributed by atoms with Gasteiger partial charge >= 0.3 is 0 Å². The SMILES string of the molecule is CCCOc1ccc(C=C(C#N)C(=O)Nc2nc(-c3cc(C)ccc3C)cs2)cc1. The van der Waals surface area contributed by atoms with E-state index >= 15 is 0 Å². The molecule has 0 spiro atoms. The lowest BCUT2D eigenvalue weighted by molar-refractivity contribution is -0.112. The van der Waals surface area contributed by atoms with Crippen molar-refractivity contribution in [1.29, 1.82) is 5.26 Å². The highest BCUT2D eigenvalue weighted by Gasteiger charge is 2.13. The lowest BCUT2D eigenvalue weighted by Gasteiger charge is -2.05. The molecule has 1 N–H and O–H groups in total. The number of hydrogen-bond acceptors (Lipinski definition) is 5. The zero-order valence-electron chi connectivity index (χ0n) is 17.2. The van der Waals surface area contributed by atoms with Crippen LogP contribution in [0.1, 0.15) is 30.0 Å². The van der Waals surface area contributed by atoms with E-state index in [2.05, 4.69) is 28.5 Å². The summed E-state index contributed by atoms with van der Waals surface area (Å²) in [6.45, 7) is 6.76. The highest BCUT2D eigenvalue weighted by molar-refractivity contribution is 7.14. The summed E-state index contributed by atoms with van der Waals surface area (Å²) in [4.78, 5) is 17.1. The number of benzene rings is 2. The summed E-state index contributed by atoms with van der Waals surface area (Å²) in [5.74, 6) is 0.282. The van der Waals surface area contributed by atoms with E-state index in [4.69, 9.17) is 4.74 Å². The predicted octanol–water partition coefficient (Wildman–Crippen LogP) is 5.76. The summed E-state index contributed by atoms with van der Waals surface area (Å²) in [7, 11) is 0. The van der Waals surface area contributed by atoms with Crippen molar-refractivity contribution in [2.45, 2.75) is 27.2 Å². The first-order valence-corrected chi connectivity index (χ1v) is 10.6. The van der Waals surface area contributed by atoms with E-state index in [0.717, 1.165) is 40.1 Å². The molecular weight excluding hydrogens is 394 g/mol. The second kappa shape index (κ2) is 9.86. The summed E-state index contributed by atoms with van der Waals surface area (Å²) in [6.07, 6.45) is 2.49. The van der Waals surface area contributed by atoms with E-state index in [1.165, 1.54) is 11.3 Å². The maximum atomic E-state index is 12.6. The van der Waals surface area contributed by atoms with Crippen molar-refractivity contribution in [2.75, 3.05) is 11.9 Å². The lowest BCUT2D eigenvalue weighted by atomic mass is 10.0. The summed E-state index contributed by atoms with van der Waals surface area (Å²) in [5, 5.41) is 14.5. The van der Waals surface area contributed by atoms with Crippen molar-refractivity contribution in [3.8, 4) is 23.1 Å². The van der Waals surface area contributed by atoms with Gasteiger partial charge in [-0.2, -0.15) is 5.26 Å². The minimum absolute atomic E-state index is 0.0145. The first-order valence-electron chi connectivity index (χ1n) is 9.69. The van der Waals surface area contributed by atoms with Gasteiger partial charge in [-0.1, -0.05) is 36.8 Å². The van der Waals surface area contributed by atoms with Crippen LogP contribution in [0.5, 0.6) is 5.75 Å². The molecule has 1 aromatic heterocycles. The van der Waals surface area contributed by atoms with Crippen molar-refractivity contribution >= 4 is 28.5 Å². The quantitative estimate of drug-likeness (QED) is 0.392. The maximum absolute atomic E-state index is 12.6. The van der Waals surface area contributed by atoms with E-state index < -0.39 is 5.91 Å². The van der Waals surface area contributed by atoms with Crippen LogP contribution in [-0.2, 0) is 4.79 Å². The van der Waals surface area contributed by atoms with Crippen LogP contribution >= 0.6 is 11.3 Å². The second-order valence-corrected chi connectivity index (χ2v) is 7.76. The molecule has 3 aromatic rings. The number of aryl methyl sites for hydroxylation is 2. The van der Waals surface area contributed by atoms with Crippen LogP contribution in [0.25, 0.3) is 17.3 Å². The van der Waals surface area contributed by atoms with Gasteiger partial charge in [-0.15, -0.1) is 11.3 Å². The number of thiazole rings is 1. The Hall–Kier alpha value is -3.43. The van der Waals surface area contributed by atoms with Gasteiger partial charge in [0.2, 0.25) is 0 Å². The molecule has 30 heavy (non-hydrogen) atoms. The third-order valence-corrected chi connectivity index (χ3v) is 5.18.